The van der Waals surface area contributed by atoms with Crippen LogP contribution in [-0.2, 0) is 9.59 Å². The molecule has 0 aromatic carbocycles. The summed E-state index contributed by atoms with van der Waals surface area (Å²) in [6.45, 7) is 0.757. The first-order valence-corrected chi connectivity index (χ1v) is 4.79. The number of carbonyl (C=O) groups excluding carboxylic acids is 2. The van der Waals surface area contributed by atoms with Gasteiger partial charge in [0.1, 0.15) is 0 Å². The third kappa shape index (κ3) is 0.834. The minimum Gasteiger partial charge on any atom is -0.272 e. The third-order valence-electron chi connectivity index (χ3n) is 1.29. The predicted molar refractivity (Wildman–Crippen MR) is 38.6 cm³/mol. The first-order valence-electron chi connectivity index (χ1n) is 2.73. The smallest absolute Gasteiger partial charge is 0.255 e. The van der Waals surface area contributed by atoms with Crippen LogP contribution in [0.25, 0.3) is 0 Å². The fraction of sp³-hybridized carbons (Fsp3) is 0.500. The Morgan fingerprint density at radius 3 is 2.00 bits per heavy atom. The predicted octanol–water partition coefficient (Wildman–Crippen LogP) is -0.118. The van der Waals surface area contributed by atoms with Gasteiger partial charge in [0.15, 0.2) is 0 Å². The molecule has 3 aliphatic heterocycles. The highest BCUT2D eigenvalue weighted by Crippen LogP contribution is 2.38. The van der Waals surface area contributed by atoms with E-state index in [1.165, 1.54) is 26.3 Å². The number of imide groups is 1. The van der Waals surface area contributed by atoms with Gasteiger partial charge in [-0.25, -0.2) is 8.61 Å². The second kappa shape index (κ2) is 2.14. The summed E-state index contributed by atoms with van der Waals surface area (Å²) >= 11 is 0. The zero-order chi connectivity index (χ0) is 7.14. The molecule has 0 aromatic rings. The van der Waals surface area contributed by atoms with Gasteiger partial charge in [0, 0.05) is 22.0 Å². The zero-order valence-corrected chi connectivity index (χ0v) is 6.57. The van der Waals surface area contributed by atoms with Crippen molar-refractivity contribution in [3.8, 4) is 0 Å². The molecule has 0 atom stereocenters. The number of rotatable bonds is 0. The van der Waals surface area contributed by atoms with Gasteiger partial charge in [0.05, 0.1) is 13.1 Å². The number of hydrogen-bond acceptors (Lipinski definition) is 5. The number of nitrogens with zero attached hydrogens (tertiary/aromatic N) is 2. The van der Waals surface area contributed by atoms with Crippen molar-refractivity contribution >= 4 is 33.8 Å². The van der Waals surface area contributed by atoms with E-state index in [1.807, 2.05) is 0 Å². The normalized spacial score (nSPS) is 26.2. The van der Waals surface area contributed by atoms with Crippen molar-refractivity contribution in [3.05, 3.63) is 0 Å². The Balaban J connectivity index is 2.26. The van der Waals surface area contributed by atoms with E-state index < -0.39 is 0 Å². The fourth-order valence-electron chi connectivity index (χ4n) is 0.841. The van der Waals surface area contributed by atoms with Crippen molar-refractivity contribution in [3.63, 3.8) is 0 Å². The van der Waals surface area contributed by atoms with Crippen molar-refractivity contribution in [2.24, 2.45) is 0 Å². The van der Waals surface area contributed by atoms with Crippen LogP contribution < -0.4 is 0 Å². The molecule has 0 saturated carbocycles. The summed E-state index contributed by atoms with van der Waals surface area (Å²) in [4.78, 5) is 21.8. The van der Waals surface area contributed by atoms with Gasteiger partial charge in [-0.15, -0.1) is 0 Å². The lowest BCUT2D eigenvalue weighted by Crippen LogP contribution is -2.51. The molecular formula is C4H4N2O2S2. The van der Waals surface area contributed by atoms with E-state index in [0.29, 0.717) is 13.1 Å². The van der Waals surface area contributed by atoms with Crippen molar-refractivity contribution in [2.75, 3.05) is 13.1 Å². The highest BCUT2D eigenvalue weighted by molar-refractivity contribution is 8.75. The molecule has 2 amide bonds. The zero-order valence-electron chi connectivity index (χ0n) is 4.94. The van der Waals surface area contributed by atoms with Crippen LogP contribution in [0.1, 0.15) is 0 Å². The quantitative estimate of drug-likeness (QED) is 0.292. The topological polar surface area (TPSA) is 40.6 Å². The van der Waals surface area contributed by atoms with Crippen LogP contribution in [0.4, 0.5) is 0 Å². The highest BCUT2D eigenvalue weighted by Gasteiger charge is 2.38. The van der Waals surface area contributed by atoms with Gasteiger partial charge < -0.3 is 0 Å². The third-order valence-corrected chi connectivity index (χ3v) is 3.66. The van der Waals surface area contributed by atoms with Crippen LogP contribution in [0.5, 0.6) is 0 Å². The average Bonchev–Trinajstić information content (AvgIpc) is 1.86. The van der Waals surface area contributed by atoms with Crippen LogP contribution >= 0.6 is 22.0 Å². The Bertz CT molecular complexity index is 189. The van der Waals surface area contributed by atoms with Crippen LogP contribution in [0, 0.1) is 0 Å². The van der Waals surface area contributed by atoms with Crippen LogP contribution in [0.3, 0.4) is 0 Å². The largest absolute Gasteiger partial charge is 0.272 e. The number of hydrogen-bond donors (Lipinski definition) is 0. The molecule has 10 heavy (non-hydrogen) atoms. The maximum Gasteiger partial charge on any atom is 0.255 e. The summed E-state index contributed by atoms with van der Waals surface area (Å²) in [5.41, 5.74) is 0. The molecule has 0 spiro atoms. The van der Waals surface area contributed by atoms with Gasteiger partial charge in [-0.1, -0.05) is 0 Å². The van der Waals surface area contributed by atoms with Gasteiger partial charge in [0.25, 0.3) is 11.8 Å². The highest BCUT2D eigenvalue weighted by atomic mass is 33.1. The molecule has 0 N–H and O–H groups in total. The van der Waals surface area contributed by atoms with E-state index in [0.717, 1.165) is 0 Å². The van der Waals surface area contributed by atoms with E-state index in [9.17, 15) is 9.59 Å². The summed E-state index contributed by atoms with van der Waals surface area (Å²) in [6.07, 6.45) is 0. The Hall–Kier alpha value is -0.200. The average molecular weight is 176 g/mol. The lowest BCUT2D eigenvalue weighted by molar-refractivity contribution is -0.141. The van der Waals surface area contributed by atoms with Gasteiger partial charge in [-0.05, 0) is 0 Å². The minimum absolute atomic E-state index is 0.0972. The number of fused-ring (bicyclic) bond motifs is 3. The molecule has 0 unspecified atom stereocenters. The molecule has 0 radical (unpaired) electrons. The summed E-state index contributed by atoms with van der Waals surface area (Å²) in [7, 11) is 2.66. The van der Waals surface area contributed by atoms with E-state index in [1.54, 1.807) is 4.31 Å². The molecule has 3 aliphatic rings. The van der Waals surface area contributed by atoms with Crippen LogP contribution in [0.2, 0.25) is 0 Å². The molecule has 0 aliphatic carbocycles. The Morgan fingerprint density at radius 1 is 1.10 bits per heavy atom. The minimum atomic E-state index is -0.0972. The van der Waals surface area contributed by atoms with Gasteiger partial charge >= 0.3 is 0 Å². The van der Waals surface area contributed by atoms with Crippen molar-refractivity contribution in [1.82, 2.24) is 8.61 Å². The van der Waals surface area contributed by atoms with E-state index >= 15 is 0 Å². The first kappa shape index (κ1) is 6.51. The maximum absolute atomic E-state index is 10.9. The second-order valence-corrected chi connectivity index (χ2v) is 4.10. The number of carbonyl (C=O) groups is 2. The standard InChI is InChI=1S/C4H4N2O2S2/c7-3-1-5-2-4(8)6(3)10-9-5/h1-2H2. The lowest BCUT2D eigenvalue weighted by Gasteiger charge is -2.35. The number of amides is 2. The van der Waals surface area contributed by atoms with Crippen LogP contribution in [0.15, 0.2) is 0 Å². The molecule has 3 fully saturated rings. The first-order chi connectivity index (χ1) is 4.77. The van der Waals surface area contributed by atoms with Crippen molar-refractivity contribution in [1.29, 1.82) is 0 Å². The molecule has 3 rings (SSSR count). The summed E-state index contributed by atoms with van der Waals surface area (Å²) in [6, 6.07) is 0. The Labute approximate surface area is 65.6 Å². The molecule has 6 heteroatoms. The monoisotopic (exact) mass is 176 g/mol. The van der Waals surface area contributed by atoms with E-state index in [4.69, 9.17) is 0 Å². The molecule has 54 valence electrons. The molecule has 0 aromatic heterocycles. The van der Waals surface area contributed by atoms with Gasteiger partial charge in [-0.3, -0.25) is 9.59 Å². The van der Waals surface area contributed by atoms with E-state index in [-0.39, 0.29) is 11.8 Å². The molecule has 2 bridgehead atoms. The van der Waals surface area contributed by atoms with E-state index in [2.05, 4.69) is 0 Å². The molecular weight excluding hydrogens is 172 g/mol. The van der Waals surface area contributed by atoms with Crippen LogP contribution in [-0.4, -0.2) is 33.5 Å². The second-order valence-electron chi connectivity index (χ2n) is 2.03. The molecule has 3 heterocycles. The maximum atomic E-state index is 10.9. The summed E-state index contributed by atoms with van der Waals surface area (Å²) < 4.78 is 2.99. The number of piperazine rings is 1. The van der Waals surface area contributed by atoms with Gasteiger partial charge in [-0.2, -0.15) is 0 Å². The van der Waals surface area contributed by atoms with Crippen molar-refractivity contribution < 1.29 is 9.59 Å². The Morgan fingerprint density at radius 2 is 1.70 bits per heavy atom. The molecule has 3 saturated heterocycles. The van der Waals surface area contributed by atoms with Gasteiger partial charge in [0.2, 0.25) is 0 Å². The lowest BCUT2D eigenvalue weighted by atomic mass is 10.4. The SMILES string of the molecule is O=C1CN2CC(=O)N1SS2. The summed E-state index contributed by atoms with van der Waals surface area (Å²) in [5.74, 6) is -0.194. The van der Waals surface area contributed by atoms with Crippen molar-refractivity contribution in [2.45, 2.75) is 0 Å². The Kier molecular flexibility index (Phi) is 1.40. The molecule has 4 nitrogen and oxygen atoms in total. The fourth-order valence-corrected chi connectivity index (χ4v) is 2.91. The summed E-state index contributed by atoms with van der Waals surface area (Å²) in [5, 5.41) is 0.